The van der Waals surface area contributed by atoms with Crippen LogP contribution in [-0.2, 0) is 14.3 Å². The van der Waals surface area contributed by atoms with Crippen molar-refractivity contribution in [1.82, 2.24) is 10.6 Å². The highest BCUT2D eigenvalue weighted by Gasteiger charge is 2.39. The molecule has 3 atom stereocenters. The Hall–Kier alpha value is -1.91. The van der Waals surface area contributed by atoms with Crippen LogP contribution in [0.25, 0.3) is 0 Å². The third kappa shape index (κ3) is 12.0. The molecule has 0 aliphatic heterocycles. The van der Waals surface area contributed by atoms with Gasteiger partial charge in [-0.25, -0.2) is 0 Å². The van der Waals surface area contributed by atoms with Gasteiger partial charge in [-0.2, -0.15) is 0 Å². The van der Waals surface area contributed by atoms with Gasteiger partial charge in [-0.15, -0.1) is 12.4 Å². The molecule has 0 aromatic heterocycles. The summed E-state index contributed by atoms with van der Waals surface area (Å²) in [6, 6.07) is 6.69. The molecule has 9 nitrogen and oxygen atoms in total. The predicted molar refractivity (Wildman–Crippen MR) is 169 cm³/mol. The molecule has 0 spiro atoms. The molecule has 2 amide bonds. The molecule has 2 rings (SSSR count). The number of nitrogens with two attached hydrogens (primary N) is 1. The maximum atomic E-state index is 13.1. The molecule has 1 aromatic carbocycles. The lowest BCUT2D eigenvalue weighted by Crippen LogP contribution is -2.49. The molecule has 0 unspecified atom stereocenters. The van der Waals surface area contributed by atoms with E-state index >= 15 is 0 Å². The average Bonchev–Trinajstić information content (AvgIpc) is 2.97. The highest BCUT2D eigenvalue weighted by molar-refractivity contribution is 5.96. The van der Waals surface area contributed by atoms with E-state index in [9.17, 15) is 14.7 Å². The number of carbonyl (C=O) groups excluding carboxylic acids is 2. The van der Waals surface area contributed by atoms with Crippen molar-refractivity contribution in [3.8, 4) is 5.75 Å². The predicted octanol–water partition coefficient (Wildman–Crippen LogP) is 4.34. The van der Waals surface area contributed by atoms with Crippen molar-refractivity contribution in [2.45, 2.75) is 90.9 Å². The van der Waals surface area contributed by atoms with Gasteiger partial charge >= 0.3 is 0 Å². The Morgan fingerprint density at radius 1 is 1.02 bits per heavy atom. The second-order valence-electron chi connectivity index (χ2n) is 12.4. The Balaban J connectivity index is 0.00000882. The standard InChI is InChI=1S/C32H55N3O6.ClH/c1-22(2)23(20-34-30(37)26-11-7-8-12-29(26)41-18-10-9-17-39-5)19-27(33)28(36)21-35-31(38)32(3,4)24-13-15-25(40-6)16-14-24;/h7-8,11-12,22-25,27-28,36H,9-10,13-21,33H2,1-6H3,(H,34,37)(H,35,38);1H/t23-,24?,25?,27+,28+;/m1./s1. The van der Waals surface area contributed by atoms with Crippen molar-refractivity contribution >= 4 is 24.2 Å². The lowest BCUT2D eigenvalue weighted by atomic mass is 9.70. The summed E-state index contributed by atoms with van der Waals surface area (Å²) >= 11 is 0. The third-order valence-corrected chi connectivity index (χ3v) is 8.75. The van der Waals surface area contributed by atoms with Crippen molar-refractivity contribution in [3.63, 3.8) is 0 Å². The summed E-state index contributed by atoms with van der Waals surface area (Å²) in [4.78, 5) is 26.1. The average molecular weight is 614 g/mol. The molecule has 1 saturated carbocycles. The first-order valence-corrected chi connectivity index (χ1v) is 15.2. The topological polar surface area (TPSA) is 132 Å². The minimum atomic E-state index is -0.886. The Kier molecular flexibility index (Phi) is 17.6. The first-order valence-electron chi connectivity index (χ1n) is 15.2. The van der Waals surface area contributed by atoms with Gasteiger partial charge in [-0.1, -0.05) is 39.8 Å². The summed E-state index contributed by atoms with van der Waals surface area (Å²) in [5, 5.41) is 16.8. The Labute approximate surface area is 259 Å². The van der Waals surface area contributed by atoms with Gasteiger partial charge in [0.05, 0.1) is 24.4 Å². The number of amides is 2. The monoisotopic (exact) mass is 613 g/mol. The van der Waals surface area contributed by atoms with Gasteiger partial charge < -0.3 is 35.7 Å². The maximum Gasteiger partial charge on any atom is 0.255 e. The number of para-hydroxylation sites is 1. The maximum absolute atomic E-state index is 13.1. The van der Waals surface area contributed by atoms with Crippen molar-refractivity contribution < 1.29 is 28.9 Å². The lowest BCUT2D eigenvalue weighted by Gasteiger charge is -2.38. The SMILES string of the molecule is COCCCCOc1ccccc1C(=O)NC[C@@H](C[C@H](N)[C@@H](O)CNC(=O)C(C)(C)C1CCC(OC)CC1)C(C)C.Cl. The number of nitrogens with one attached hydrogen (secondary N) is 2. The molecule has 242 valence electrons. The van der Waals surface area contributed by atoms with Crippen LogP contribution in [0.5, 0.6) is 5.75 Å². The van der Waals surface area contributed by atoms with Crippen molar-refractivity contribution in [1.29, 1.82) is 0 Å². The van der Waals surface area contributed by atoms with Crippen LogP contribution in [0.15, 0.2) is 24.3 Å². The quantitative estimate of drug-likeness (QED) is 0.181. The molecule has 5 N–H and O–H groups in total. The molecule has 1 fully saturated rings. The smallest absolute Gasteiger partial charge is 0.255 e. The summed E-state index contributed by atoms with van der Waals surface area (Å²) in [6.07, 6.45) is 5.47. The van der Waals surface area contributed by atoms with Gasteiger partial charge in [0.2, 0.25) is 5.91 Å². The number of ether oxygens (including phenoxy) is 3. The molecule has 0 bridgehead atoms. The van der Waals surface area contributed by atoms with Gasteiger partial charge in [0, 0.05) is 45.4 Å². The van der Waals surface area contributed by atoms with Gasteiger partial charge in [0.25, 0.3) is 5.91 Å². The third-order valence-electron chi connectivity index (χ3n) is 8.75. The van der Waals surface area contributed by atoms with Gasteiger partial charge in [-0.3, -0.25) is 9.59 Å². The van der Waals surface area contributed by atoms with Crippen LogP contribution >= 0.6 is 12.4 Å². The van der Waals surface area contributed by atoms with E-state index in [1.54, 1.807) is 26.4 Å². The highest BCUT2D eigenvalue weighted by Crippen LogP contribution is 2.39. The zero-order valence-electron chi connectivity index (χ0n) is 26.5. The van der Waals surface area contributed by atoms with E-state index in [0.717, 1.165) is 38.5 Å². The number of hydrogen-bond acceptors (Lipinski definition) is 7. The fourth-order valence-electron chi connectivity index (χ4n) is 5.51. The number of halogens is 1. The number of aliphatic hydroxyl groups excluding tert-OH is 1. The summed E-state index contributed by atoms with van der Waals surface area (Å²) in [6.45, 7) is 9.83. The van der Waals surface area contributed by atoms with Crippen molar-refractivity contribution in [3.05, 3.63) is 29.8 Å². The molecular weight excluding hydrogens is 558 g/mol. The van der Waals surface area contributed by atoms with Crippen LogP contribution in [0.3, 0.4) is 0 Å². The van der Waals surface area contributed by atoms with Crippen molar-refractivity contribution in [2.24, 2.45) is 28.9 Å². The number of hydrogen-bond donors (Lipinski definition) is 4. The van der Waals surface area contributed by atoms with Gasteiger partial charge in [0.15, 0.2) is 0 Å². The van der Waals surface area contributed by atoms with E-state index in [1.165, 1.54) is 0 Å². The summed E-state index contributed by atoms with van der Waals surface area (Å²) < 4.78 is 16.4. The largest absolute Gasteiger partial charge is 0.493 e. The van der Waals surface area contributed by atoms with Crippen LogP contribution in [-0.4, -0.2) is 75.7 Å². The second kappa shape index (κ2) is 19.4. The van der Waals surface area contributed by atoms with E-state index in [0.29, 0.717) is 37.5 Å². The number of rotatable bonds is 18. The molecule has 0 radical (unpaired) electrons. The van der Waals surface area contributed by atoms with E-state index in [-0.39, 0.29) is 54.6 Å². The fraction of sp³-hybridized carbons (Fsp3) is 0.750. The molecule has 10 heteroatoms. The Morgan fingerprint density at radius 2 is 1.67 bits per heavy atom. The molecule has 0 saturated heterocycles. The van der Waals surface area contributed by atoms with Crippen LogP contribution in [0.1, 0.15) is 83.0 Å². The van der Waals surface area contributed by atoms with Gasteiger partial charge in [0.1, 0.15) is 5.75 Å². The molecule has 1 aromatic rings. The molecule has 42 heavy (non-hydrogen) atoms. The number of benzene rings is 1. The minimum absolute atomic E-state index is 0. The van der Waals surface area contributed by atoms with E-state index in [1.807, 2.05) is 26.0 Å². The lowest BCUT2D eigenvalue weighted by molar-refractivity contribution is -0.134. The zero-order chi connectivity index (χ0) is 30.4. The normalized spacial score (nSPS) is 19.4. The molecule has 1 aliphatic rings. The number of aliphatic hydroxyl groups is 1. The number of carbonyl (C=O) groups is 2. The second-order valence-corrected chi connectivity index (χ2v) is 12.4. The van der Waals surface area contributed by atoms with E-state index < -0.39 is 17.6 Å². The van der Waals surface area contributed by atoms with Crippen LogP contribution in [0.4, 0.5) is 0 Å². The van der Waals surface area contributed by atoms with Crippen LogP contribution in [0, 0.1) is 23.2 Å². The Bertz CT molecular complexity index is 923. The first-order chi connectivity index (χ1) is 19.5. The van der Waals surface area contributed by atoms with E-state index in [4.69, 9.17) is 19.9 Å². The van der Waals surface area contributed by atoms with Gasteiger partial charge in [-0.05, 0) is 74.8 Å². The first kappa shape index (κ1) is 38.1. The van der Waals surface area contributed by atoms with Crippen LogP contribution in [0.2, 0.25) is 0 Å². The zero-order valence-corrected chi connectivity index (χ0v) is 27.3. The Morgan fingerprint density at radius 3 is 2.29 bits per heavy atom. The fourth-order valence-corrected chi connectivity index (χ4v) is 5.51. The molecule has 0 heterocycles. The van der Waals surface area contributed by atoms with E-state index in [2.05, 4.69) is 24.5 Å². The highest BCUT2D eigenvalue weighted by atomic mass is 35.5. The summed E-state index contributed by atoms with van der Waals surface area (Å²) in [5.41, 5.74) is 6.36. The minimum Gasteiger partial charge on any atom is -0.493 e. The summed E-state index contributed by atoms with van der Waals surface area (Å²) in [7, 11) is 3.42. The molecule has 1 aliphatic carbocycles. The number of unbranched alkanes of at least 4 members (excludes halogenated alkanes) is 1. The summed E-state index contributed by atoms with van der Waals surface area (Å²) in [5.74, 6) is 0.856. The van der Waals surface area contributed by atoms with Crippen LogP contribution < -0.4 is 21.1 Å². The van der Waals surface area contributed by atoms with Crippen molar-refractivity contribution in [2.75, 3.05) is 40.5 Å². The number of methoxy groups -OCH3 is 2. The molecular formula is C32H56ClN3O6.